The molecule has 1 heterocycles. The van der Waals surface area contributed by atoms with Crippen LogP contribution < -0.4 is 0 Å². The first kappa shape index (κ1) is 17.3. The summed E-state index contributed by atoms with van der Waals surface area (Å²) in [5.41, 5.74) is 1.00. The Kier molecular flexibility index (Phi) is 6.04. The Labute approximate surface area is 132 Å². The Balaban J connectivity index is 1.87. The molecule has 1 aromatic rings. The number of ether oxygens (including phenoxy) is 1. The number of alkyl halides is 2. The normalized spacial score (nSPS) is 21.5. The number of nitrogens with zero attached hydrogens (tertiary/aromatic N) is 1. The molecule has 1 saturated heterocycles. The van der Waals surface area contributed by atoms with Crippen molar-refractivity contribution < 1.29 is 28.2 Å². The molecule has 0 bridgehead atoms. The zero-order valence-electron chi connectivity index (χ0n) is 12.5. The van der Waals surface area contributed by atoms with Gasteiger partial charge in [-0.3, -0.25) is 14.5 Å². The third kappa shape index (κ3) is 4.99. The first-order valence-corrected chi connectivity index (χ1v) is 7.41. The van der Waals surface area contributed by atoms with E-state index < -0.39 is 36.7 Å². The minimum Gasteiger partial charge on any atom is -0.481 e. The van der Waals surface area contributed by atoms with E-state index in [2.05, 4.69) is 0 Å². The zero-order valence-corrected chi connectivity index (χ0v) is 12.5. The Morgan fingerprint density at radius 3 is 2.48 bits per heavy atom. The SMILES string of the molecule is O=C(O)[C@H]1CN(CC(F)F)C[C@@H]1C(=O)OCCc1ccccc1. The van der Waals surface area contributed by atoms with E-state index in [9.17, 15) is 18.4 Å². The first-order valence-electron chi connectivity index (χ1n) is 7.41. The molecule has 5 nitrogen and oxygen atoms in total. The van der Waals surface area contributed by atoms with Gasteiger partial charge in [0.2, 0.25) is 0 Å². The minimum absolute atomic E-state index is 0.00846. The van der Waals surface area contributed by atoms with Crippen LogP contribution in [-0.2, 0) is 20.7 Å². The molecule has 0 spiro atoms. The molecule has 2 atom stereocenters. The molecule has 0 aliphatic carbocycles. The molecule has 126 valence electrons. The van der Waals surface area contributed by atoms with Crippen molar-refractivity contribution in [1.82, 2.24) is 4.90 Å². The van der Waals surface area contributed by atoms with Gasteiger partial charge in [0, 0.05) is 19.5 Å². The molecule has 0 radical (unpaired) electrons. The summed E-state index contributed by atoms with van der Waals surface area (Å²) in [6, 6.07) is 9.42. The number of likely N-dealkylation sites (tertiary alicyclic amines) is 1. The Bertz CT molecular complexity index is 538. The lowest BCUT2D eigenvalue weighted by Crippen LogP contribution is -2.30. The van der Waals surface area contributed by atoms with Crippen molar-refractivity contribution in [3.05, 3.63) is 35.9 Å². The molecule has 0 unspecified atom stereocenters. The number of esters is 1. The number of benzene rings is 1. The van der Waals surface area contributed by atoms with E-state index in [0.29, 0.717) is 6.42 Å². The Morgan fingerprint density at radius 2 is 1.87 bits per heavy atom. The van der Waals surface area contributed by atoms with Crippen LogP contribution >= 0.6 is 0 Å². The summed E-state index contributed by atoms with van der Waals surface area (Å²) in [4.78, 5) is 24.6. The highest BCUT2D eigenvalue weighted by atomic mass is 19.3. The van der Waals surface area contributed by atoms with E-state index in [4.69, 9.17) is 9.84 Å². The van der Waals surface area contributed by atoms with Crippen molar-refractivity contribution in [2.75, 3.05) is 26.2 Å². The molecule has 23 heavy (non-hydrogen) atoms. The van der Waals surface area contributed by atoms with Crippen molar-refractivity contribution in [3.63, 3.8) is 0 Å². The van der Waals surface area contributed by atoms with Crippen LogP contribution in [0.1, 0.15) is 5.56 Å². The number of carboxylic acid groups (broad SMARTS) is 1. The van der Waals surface area contributed by atoms with Crippen LogP contribution in [0.25, 0.3) is 0 Å². The molecule has 1 aliphatic rings. The lowest BCUT2D eigenvalue weighted by Gasteiger charge is -2.14. The summed E-state index contributed by atoms with van der Waals surface area (Å²) in [6.07, 6.45) is -2.03. The maximum absolute atomic E-state index is 12.4. The van der Waals surface area contributed by atoms with Gasteiger partial charge in [0.25, 0.3) is 6.43 Å². The molecule has 1 N–H and O–H groups in total. The molecule has 1 aliphatic heterocycles. The second-order valence-corrected chi connectivity index (χ2v) is 5.56. The Hall–Kier alpha value is -2.02. The van der Waals surface area contributed by atoms with Crippen molar-refractivity contribution in [2.45, 2.75) is 12.8 Å². The van der Waals surface area contributed by atoms with Gasteiger partial charge in [-0.1, -0.05) is 30.3 Å². The van der Waals surface area contributed by atoms with Gasteiger partial charge >= 0.3 is 11.9 Å². The number of carbonyl (C=O) groups is 2. The van der Waals surface area contributed by atoms with Gasteiger partial charge in [-0.05, 0) is 5.56 Å². The summed E-state index contributed by atoms with van der Waals surface area (Å²) in [5.74, 6) is -3.70. The Morgan fingerprint density at radius 1 is 1.22 bits per heavy atom. The van der Waals surface area contributed by atoms with E-state index in [1.165, 1.54) is 4.90 Å². The molecule has 1 fully saturated rings. The molecule has 1 aromatic carbocycles. The fourth-order valence-electron chi connectivity index (χ4n) is 2.74. The van der Waals surface area contributed by atoms with E-state index in [1.54, 1.807) is 0 Å². The van der Waals surface area contributed by atoms with Crippen LogP contribution in [0.15, 0.2) is 30.3 Å². The lowest BCUT2D eigenvalue weighted by atomic mass is 9.96. The quantitative estimate of drug-likeness (QED) is 0.772. The van der Waals surface area contributed by atoms with Gasteiger partial charge in [0.1, 0.15) is 0 Å². The standard InChI is InChI=1S/C16H19F2NO4/c17-14(18)10-19-8-12(15(20)21)13(9-19)16(22)23-7-6-11-4-2-1-3-5-11/h1-5,12-14H,6-10H2,(H,20,21)/t12-,13-/m0/s1. The van der Waals surface area contributed by atoms with E-state index >= 15 is 0 Å². The zero-order chi connectivity index (χ0) is 16.8. The largest absolute Gasteiger partial charge is 0.481 e. The van der Waals surface area contributed by atoms with Crippen molar-refractivity contribution in [1.29, 1.82) is 0 Å². The first-order chi connectivity index (χ1) is 11.0. The highest BCUT2D eigenvalue weighted by molar-refractivity contribution is 5.82. The summed E-state index contributed by atoms with van der Waals surface area (Å²) in [5, 5.41) is 9.17. The van der Waals surface area contributed by atoms with Crippen LogP contribution in [0, 0.1) is 11.8 Å². The van der Waals surface area contributed by atoms with Crippen molar-refractivity contribution >= 4 is 11.9 Å². The average molecular weight is 327 g/mol. The van der Waals surface area contributed by atoms with Gasteiger partial charge < -0.3 is 9.84 Å². The summed E-state index contributed by atoms with van der Waals surface area (Å²) >= 11 is 0. The second-order valence-electron chi connectivity index (χ2n) is 5.56. The van der Waals surface area contributed by atoms with Gasteiger partial charge in [-0.2, -0.15) is 0 Å². The van der Waals surface area contributed by atoms with E-state index in [0.717, 1.165) is 5.56 Å². The fraction of sp³-hybridized carbons (Fsp3) is 0.500. The summed E-state index contributed by atoms with van der Waals surface area (Å²) < 4.78 is 30.0. The predicted molar refractivity (Wildman–Crippen MR) is 78.2 cm³/mol. The number of halogens is 2. The van der Waals surface area contributed by atoms with Crippen LogP contribution in [0.5, 0.6) is 0 Å². The number of hydrogen-bond donors (Lipinski definition) is 1. The highest BCUT2D eigenvalue weighted by Gasteiger charge is 2.43. The number of aliphatic carboxylic acids is 1. The second kappa shape index (κ2) is 8.01. The highest BCUT2D eigenvalue weighted by Crippen LogP contribution is 2.25. The molecule has 2 rings (SSSR count). The third-order valence-corrected chi connectivity index (χ3v) is 3.89. The lowest BCUT2D eigenvalue weighted by molar-refractivity contribution is -0.155. The third-order valence-electron chi connectivity index (χ3n) is 3.89. The summed E-state index contributed by atoms with van der Waals surface area (Å²) in [6.45, 7) is -0.457. The van der Waals surface area contributed by atoms with Crippen LogP contribution in [0.3, 0.4) is 0 Å². The average Bonchev–Trinajstić information content (AvgIpc) is 2.91. The van der Waals surface area contributed by atoms with Crippen LogP contribution in [0.4, 0.5) is 8.78 Å². The van der Waals surface area contributed by atoms with Crippen LogP contribution in [0.2, 0.25) is 0 Å². The maximum atomic E-state index is 12.4. The van der Waals surface area contributed by atoms with Gasteiger partial charge in [-0.15, -0.1) is 0 Å². The number of rotatable bonds is 7. The number of carbonyl (C=O) groups excluding carboxylic acids is 1. The smallest absolute Gasteiger partial charge is 0.311 e. The molecular formula is C16H19F2NO4. The molecule has 7 heteroatoms. The molecular weight excluding hydrogens is 308 g/mol. The molecule has 0 saturated carbocycles. The van der Waals surface area contributed by atoms with Crippen molar-refractivity contribution in [2.24, 2.45) is 11.8 Å². The minimum atomic E-state index is -2.56. The summed E-state index contributed by atoms with van der Waals surface area (Å²) in [7, 11) is 0. The molecule has 0 aromatic heterocycles. The topological polar surface area (TPSA) is 66.8 Å². The van der Waals surface area contributed by atoms with Gasteiger partial charge in [0.05, 0.1) is 25.0 Å². The molecule has 0 amide bonds. The van der Waals surface area contributed by atoms with E-state index in [-0.39, 0.29) is 19.7 Å². The monoisotopic (exact) mass is 327 g/mol. The van der Waals surface area contributed by atoms with Gasteiger partial charge in [0.15, 0.2) is 0 Å². The van der Waals surface area contributed by atoms with Gasteiger partial charge in [-0.25, -0.2) is 8.78 Å². The van der Waals surface area contributed by atoms with Crippen molar-refractivity contribution in [3.8, 4) is 0 Å². The van der Waals surface area contributed by atoms with Crippen LogP contribution in [-0.4, -0.2) is 54.6 Å². The number of hydrogen-bond acceptors (Lipinski definition) is 4. The fourth-order valence-corrected chi connectivity index (χ4v) is 2.74. The maximum Gasteiger partial charge on any atom is 0.311 e. The number of carboxylic acids is 1. The van der Waals surface area contributed by atoms with E-state index in [1.807, 2.05) is 30.3 Å². The predicted octanol–water partition coefficient (Wildman–Crippen LogP) is 1.67.